The van der Waals surface area contributed by atoms with Crippen molar-refractivity contribution in [2.24, 2.45) is 0 Å². The molecule has 2 N–H and O–H groups in total. The molecule has 0 amide bonds. The van der Waals surface area contributed by atoms with Crippen LogP contribution in [0, 0.1) is 0 Å². The number of carboxylic acids is 1. The molecule has 0 fully saturated rings. The van der Waals surface area contributed by atoms with Gasteiger partial charge in [-0.05, 0) is 29.8 Å². The lowest BCUT2D eigenvalue weighted by Crippen LogP contribution is -2.07. The van der Waals surface area contributed by atoms with Gasteiger partial charge in [-0.2, -0.15) is 0 Å². The Morgan fingerprint density at radius 1 is 1.39 bits per heavy atom. The van der Waals surface area contributed by atoms with E-state index in [0.29, 0.717) is 17.8 Å². The fraction of sp³-hybridized carbons (Fsp3) is 0.154. The number of rotatable bonds is 5. The Morgan fingerprint density at radius 3 is 2.83 bits per heavy atom. The molecule has 2 aromatic rings. The molecule has 94 valence electrons. The number of thioether (sulfide) groups is 1. The van der Waals surface area contributed by atoms with Crippen LogP contribution in [0.1, 0.15) is 15.2 Å². The minimum atomic E-state index is -0.895. The van der Waals surface area contributed by atoms with Crippen molar-refractivity contribution in [2.45, 2.75) is 11.4 Å². The molecule has 0 unspecified atom stereocenters. The highest BCUT2D eigenvalue weighted by atomic mass is 32.2. The quantitative estimate of drug-likeness (QED) is 0.818. The van der Waals surface area contributed by atoms with Crippen molar-refractivity contribution in [3.63, 3.8) is 0 Å². The van der Waals surface area contributed by atoms with Crippen molar-refractivity contribution >= 4 is 34.8 Å². The topological polar surface area (TPSA) is 49.3 Å². The molecule has 0 aliphatic carbocycles. The summed E-state index contributed by atoms with van der Waals surface area (Å²) >= 11 is 3.09. The summed E-state index contributed by atoms with van der Waals surface area (Å²) in [4.78, 5) is 13.3. The molecule has 0 radical (unpaired) electrons. The van der Waals surface area contributed by atoms with Crippen LogP contribution in [0.15, 0.2) is 40.6 Å². The van der Waals surface area contributed by atoms with E-state index in [4.69, 9.17) is 0 Å². The van der Waals surface area contributed by atoms with Crippen LogP contribution in [0.3, 0.4) is 0 Å². The summed E-state index contributed by atoms with van der Waals surface area (Å²) in [5.41, 5.74) is 1.02. The third-order valence-electron chi connectivity index (χ3n) is 2.49. The van der Waals surface area contributed by atoms with Crippen molar-refractivity contribution in [1.82, 2.24) is 0 Å². The van der Waals surface area contributed by atoms with Gasteiger partial charge in [0, 0.05) is 16.3 Å². The standard InChI is InChI=1S/C13H13NO2S2/c1-17-11-6-2-5-10(12(11)13(15)16)14-8-9-4-3-7-18-9/h2-7,14H,8H2,1H3,(H,15,16). The van der Waals surface area contributed by atoms with Gasteiger partial charge >= 0.3 is 5.97 Å². The second-order valence-corrected chi connectivity index (χ2v) is 5.50. The molecule has 0 bridgehead atoms. The second-order valence-electron chi connectivity index (χ2n) is 3.62. The third-order valence-corrected chi connectivity index (χ3v) is 4.15. The Labute approximate surface area is 114 Å². The largest absolute Gasteiger partial charge is 0.478 e. The van der Waals surface area contributed by atoms with Gasteiger partial charge in [0.1, 0.15) is 0 Å². The molecule has 0 aliphatic rings. The smallest absolute Gasteiger partial charge is 0.338 e. The average molecular weight is 279 g/mol. The SMILES string of the molecule is CSc1cccc(NCc2cccs2)c1C(=O)O. The first-order valence-electron chi connectivity index (χ1n) is 5.39. The van der Waals surface area contributed by atoms with Crippen molar-refractivity contribution in [3.8, 4) is 0 Å². The van der Waals surface area contributed by atoms with E-state index in [2.05, 4.69) is 5.32 Å². The molecule has 0 saturated heterocycles. The highest BCUT2D eigenvalue weighted by Gasteiger charge is 2.14. The molecule has 5 heteroatoms. The monoisotopic (exact) mass is 279 g/mol. The molecule has 3 nitrogen and oxygen atoms in total. The summed E-state index contributed by atoms with van der Waals surface area (Å²) in [5, 5.41) is 14.5. The van der Waals surface area contributed by atoms with Crippen LogP contribution in [-0.2, 0) is 6.54 Å². The first-order valence-corrected chi connectivity index (χ1v) is 7.49. The highest BCUT2D eigenvalue weighted by molar-refractivity contribution is 7.98. The molecule has 0 spiro atoms. The molecule has 18 heavy (non-hydrogen) atoms. The average Bonchev–Trinajstić information content (AvgIpc) is 2.88. The normalized spacial score (nSPS) is 10.3. The summed E-state index contributed by atoms with van der Waals surface area (Å²) in [6.07, 6.45) is 1.88. The van der Waals surface area contributed by atoms with Crippen LogP contribution in [0.5, 0.6) is 0 Å². The lowest BCUT2D eigenvalue weighted by atomic mass is 10.1. The number of aromatic carboxylic acids is 1. The maximum atomic E-state index is 11.3. The van der Waals surface area contributed by atoms with Gasteiger partial charge < -0.3 is 10.4 Å². The Morgan fingerprint density at radius 2 is 2.22 bits per heavy atom. The fourth-order valence-corrected chi connectivity index (χ4v) is 2.93. The Hall–Kier alpha value is -1.46. The van der Waals surface area contributed by atoms with E-state index >= 15 is 0 Å². The number of nitrogens with one attached hydrogen (secondary N) is 1. The summed E-state index contributed by atoms with van der Waals surface area (Å²) in [7, 11) is 0. The Kier molecular flexibility index (Phi) is 4.28. The Bertz CT molecular complexity index is 538. The van der Waals surface area contributed by atoms with Crippen LogP contribution in [0.2, 0.25) is 0 Å². The number of benzene rings is 1. The maximum Gasteiger partial charge on any atom is 0.338 e. The van der Waals surface area contributed by atoms with Crippen LogP contribution >= 0.6 is 23.1 Å². The number of thiophene rings is 1. The van der Waals surface area contributed by atoms with Crippen molar-refractivity contribution < 1.29 is 9.90 Å². The maximum absolute atomic E-state index is 11.3. The lowest BCUT2D eigenvalue weighted by Gasteiger charge is -2.11. The molecule has 2 rings (SSSR count). The summed E-state index contributed by atoms with van der Waals surface area (Å²) in [5.74, 6) is -0.895. The molecule has 0 atom stereocenters. The molecule has 0 aliphatic heterocycles. The number of carbonyl (C=O) groups is 1. The van der Waals surface area contributed by atoms with E-state index < -0.39 is 5.97 Å². The van der Waals surface area contributed by atoms with Gasteiger partial charge in [0.2, 0.25) is 0 Å². The second kappa shape index (κ2) is 5.93. The summed E-state index contributed by atoms with van der Waals surface area (Å²) in [6, 6.07) is 9.50. The predicted octanol–water partition coefficient (Wildman–Crippen LogP) is 3.78. The molecule has 1 heterocycles. The van der Waals surface area contributed by atoms with Gasteiger partial charge in [0.05, 0.1) is 11.3 Å². The minimum Gasteiger partial charge on any atom is -0.478 e. The van der Waals surface area contributed by atoms with Crippen molar-refractivity contribution in [2.75, 3.05) is 11.6 Å². The third kappa shape index (κ3) is 2.86. The van der Waals surface area contributed by atoms with Gasteiger partial charge in [-0.3, -0.25) is 0 Å². The first kappa shape index (κ1) is 13.0. The number of hydrogen-bond acceptors (Lipinski definition) is 4. The van der Waals surface area contributed by atoms with Gasteiger partial charge in [0.15, 0.2) is 0 Å². The van der Waals surface area contributed by atoms with E-state index in [1.54, 1.807) is 17.4 Å². The van der Waals surface area contributed by atoms with E-state index in [-0.39, 0.29) is 0 Å². The van der Waals surface area contributed by atoms with E-state index in [1.165, 1.54) is 16.6 Å². The van der Waals surface area contributed by atoms with Gasteiger partial charge in [-0.25, -0.2) is 4.79 Å². The zero-order valence-electron chi connectivity index (χ0n) is 9.84. The van der Waals surface area contributed by atoms with Gasteiger partial charge in [-0.15, -0.1) is 23.1 Å². The minimum absolute atomic E-state index is 0.349. The van der Waals surface area contributed by atoms with Crippen LogP contribution in [0.25, 0.3) is 0 Å². The van der Waals surface area contributed by atoms with Crippen LogP contribution < -0.4 is 5.32 Å². The lowest BCUT2D eigenvalue weighted by molar-refractivity contribution is 0.0694. The molecular formula is C13H13NO2S2. The van der Waals surface area contributed by atoms with Crippen LogP contribution in [0.4, 0.5) is 5.69 Å². The van der Waals surface area contributed by atoms with E-state index in [1.807, 2.05) is 35.9 Å². The van der Waals surface area contributed by atoms with Crippen LogP contribution in [-0.4, -0.2) is 17.3 Å². The fourth-order valence-electron chi connectivity index (χ4n) is 1.66. The summed E-state index contributed by atoms with van der Waals surface area (Å²) in [6.45, 7) is 0.649. The van der Waals surface area contributed by atoms with Crippen molar-refractivity contribution in [3.05, 3.63) is 46.2 Å². The molecule has 1 aromatic carbocycles. The highest BCUT2D eigenvalue weighted by Crippen LogP contribution is 2.27. The van der Waals surface area contributed by atoms with E-state index in [0.717, 1.165) is 4.90 Å². The predicted molar refractivity (Wildman–Crippen MR) is 76.8 cm³/mol. The zero-order valence-corrected chi connectivity index (χ0v) is 11.5. The first-order chi connectivity index (χ1) is 8.72. The van der Waals surface area contributed by atoms with Crippen molar-refractivity contribution in [1.29, 1.82) is 0 Å². The molecular weight excluding hydrogens is 266 g/mol. The summed E-state index contributed by atoms with van der Waals surface area (Å²) < 4.78 is 0. The molecule has 1 aromatic heterocycles. The molecule has 0 saturated carbocycles. The zero-order chi connectivity index (χ0) is 13.0. The van der Waals surface area contributed by atoms with Gasteiger partial charge in [0.25, 0.3) is 0 Å². The number of carboxylic acid groups (broad SMARTS) is 1. The van der Waals surface area contributed by atoms with Gasteiger partial charge in [-0.1, -0.05) is 12.1 Å². The Balaban J connectivity index is 2.24. The number of anilines is 1. The van der Waals surface area contributed by atoms with E-state index in [9.17, 15) is 9.90 Å². The number of hydrogen-bond donors (Lipinski definition) is 2.